The van der Waals surface area contributed by atoms with E-state index in [4.69, 9.17) is 14.2 Å². The molecule has 0 spiro atoms. The number of ether oxygens (including phenoxy) is 3. The summed E-state index contributed by atoms with van der Waals surface area (Å²) in [6, 6.07) is 5.87. The first-order valence-corrected chi connectivity index (χ1v) is 6.15. The van der Waals surface area contributed by atoms with Gasteiger partial charge >= 0.3 is 0 Å². The molecular formula is C13H17NO4. The lowest BCUT2D eigenvalue weighted by atomic mass is 10.0. The smallest absolute Gasteiger partial charge is 0.231 e. The summed E-state index contributed by atoms with van der Waals surface area (Å²) in [5.41, 5.74) is 0.401. The maximum Gasteiger partial charge on any atom is 0.231 e. The molecule has 18 heavy (non-hydrogen) atoms. The number of hydrogen-bond acceptors (Lipinski definition) is 5. The Morgan fingerprint density at radius 1 is 1.28 bits per heavy atom. The first-order valence-electron chi connectivity index (χ1n) is 6.15. The molecule has 1 aromatic carbocycles. The van der Waals surface area contributed by atoms with E-state index in [1.165, 1.54) is 0 Å². The molecule has 5 heteroatoms. The zero-order valence-corrected chi connectivity index (χ0v) is 10.1. The highest BCUT2D eigenvalue weighted by atomic mass is 16.7. The molecule has 0 bridgehead atoms. The lowest BCUT2D eigenvalue weighted by Gasteiger charge is -2.20. The van der Waals surface area contributed by atoms with Gasteiger partial charge in [0, 0.05) is 26.1 Å². The first kappa shape index (κ1) is 11.8. The maximum absolute atomic E-state index is 10.1. The predicted molar refractivity (Wildman–Crippen MR) is 64.7 cm³/mol. The Balaban J connectivity index is 1.54. The van der Waals surface area contributed by atoms with Gasteiger partial charge in [0.05, 0.1) is 6.61 Å². The van der Waals surface area contributed by atoms with Crippen molar-refractivity contribution in [3.8, 4) is 11.5 Å². The van der Waals surface area contributed by atoms with E-state index in [-0.39, 0.29) is 0 Å². The van der Waals surface area contributed by atoms with Crippen molar-refractivity contribution >= 4 is 0 Å². The quantitative estimate of drug-likeness (QED) is 0.823. The Labute approximate surface area is 106 Å². The molecule has 2 heterocycles. The van der Waals surface area contributed by atoms with Gasteiger partial charge in [-0.2, -0.15) is 0 Å². The van der Waals surface area contributed by atoms with Crippen molar-refractivity contribution in [3.05, 3.63) is 23.8 Å². The summed E-state index contributed by atoms with van der Waals surface area (Å²) in [5, 5.41) is 13.3. The first-order chi connectivity index (χ1) is 8.75. The van der Waals surface area contributed by atoms with Gasteiger partial charge in [-0.25, -0.2) is 0 Å². The molecule has 1 aromatic rings. The van der Waals surface area contributed by atoms with Gasteiger partial charge in [-0.3, -0.25) is 0 Å². The van der Waals surface area contributed by atoms with E-state index in [1.807, 2.05) is 18.2 Å². The highest BCUT2D eigenvalue weighted by Crippen LogP contribution is 2.32. The zero-order valence-electron chi connectivity index (χ0n) is 10.1. The van der Waals surface area contributed by atoms with Gasteiger partial charge in [-0.05, 0) is 17.7 Å². The van der Waals surface area contributed by atoms with E-state index in [9.17, 15) is 5.11 Å². The zero-order chi connectivity index (χ0) is 12.4. The fourth-order valence-corrected chi connectivity index (χ4v) is 2.23. The molecule has 1 saturated heterocycles. The fourth-order valence-electron chi connectivity index (χ4n) is 2.23. The lowest BCUT2D eigenvalue weighted by molar-refractivity contribution is 0.0268. The second-order valence-corrected chi connectivity index (χ2v) is 4.82. The van der Waals surface area contributed by atoms with Crippen LogP contribution in [0.4, 0.5) is 0 Å². The molecule has 0 aliphatic carbocycles. The van der Waals surface area contributed by atoms with Gasteiger partial charge in [0.1, 0.15) is 5.60 Å². The van der Waals surface area contributed by atoms with Crippen LogP contribution in [0.3, 0.4) is 0 Å². The number of fused-ring (bicyclic) bond motifs is 1. The van der Waals surface area contributed by atoms with E-state index in [1.54, 1.807) is 0 Å². The van der Waals surface area contributed by atoms with Crippen LogP contribution in [-0.2, 0) is 11.3 Å². The molecule has 0 saturated carbocycles. The summed E-state index contributed by atoms with van der Waals surface area (Å²) in [6.07, 6.45) is 0.696. The number of aliphatic hydroxyl groups is 1. The van der Waals surface area contributed by atoms with Gasteiger partial charge in [-0.15, -0.1) is 0 Å². The van der Waals surface area contributed by atoms with Crippen LogP contribution in [0.2, 0.25) is 0 Å². The standard InChI is InChI=1S/C13H17NO4/c15-13(3-4-16-8-13)7-14-6-10-1-2-11-12(5-10)18-9-17-11/h1-2,5,14-15H,3-4,6-9H2. The molecule has 0 radical (unpaired) electrons. The molecule has 3 rings (SSSR count). The molecule has 0 amide bonds. The van der Waals surface area contributed by atoms with Crippen LogP contribution in [0.1, 0.15) is 12.0 Å². The van der Waals surface area contributed by atoms with Crippen molar-refractivity contribution in [1.82, 2.24) is 5.32 Å². The van der Waals surface area contributed by atoms with Gasteiger partial charge in [-0.1, -0.05) is 6.07 Å². The van der Waals surface area contributed by atoms with Crippen molar-refractivity contribution in [2.75, 3.05) is 26.6 Å². The van der Waals surface area contributed by atoms with E-state index in [0.717, 1.165) is 17.1 Å². The van der Waals surface area contributed by atoms with Crippen LogP contribution in [0, 0.1) is 0 Å². The van der Waals surface area contributed by atoms with Crippen molar-refractivity contribution in [3.63, 3.8) is 0 Å². The Hall–Kier alpha value is -1.30. The van der Waals surface area contributed by atoms with Crippen molar-refractivity contribution in [2.45, 2.75) is 18.6 Å². The Bertz CT molecular complexity index is 429. The minimum absolute atomic E-state index is 0.295. The monoisotopic (exact) mass is 251 g/mol. The average molecular weight is 251 g/mol. The third-order valence-corrected chi connectivity index (χ3v) is 3.30. The second kappa shape index (κ2) is 4.76. The topological polar surface area (TPSA) is 60.0 Å². The van der Waals surface area contributed by atoms with Gasteiger partial charge < -0.3 is 24.6 Å². The highest BCUT2D eigenvalue weighted by Gasteiger charge is 2.31. The number of rotatable bonds is 4. The van der Waals surface area contributed by atoms with Crippen LogP contribution in [0.15, 0.2) is 18.2 Å². The Morgan fingerprint density at radius 3 is 3.00 bits per heavy atom. The summed E-state index contributed by atoms with van der Waals surface area (Å²) in [5.74, 6) is 1.58. The molecule has 98 valence electrons. The molecule has 1 unspecified atom stereocenters. The SMILES string of the molecule is OC1(CNCc2ccc3c(c2)OCO3)CCOC1. The normalized spacial score (nSPS) is 25.6. The molecular weight excluding hydrogens is 234 g/mol. The van der Waals surface area contributed by atoms with Crippen LogP contribution in [0.25, 0.3) is 0 Å². The number of benzene rings is 1. The van der Waals surface area contributed by atoms with Crippen LogP contribution in [-0.4, -0.2) is 37.3 Å². The van der Waals surface area contributed by atoms with E-state index in [0.29, 0.717) is 39.5 Å². The van der Waals surface area contributed by atoms with Crippen LogP contribution < -0.4 is 14.8 Å². The highest BCUT2D eigenvalue weighted by molar-refractivity contribution is 5.44. The Kier molecular flexibility index (Phi) is 3.11. The molecule has 5 nitrogen and oxygen atoms in total. The Morgan fingerprint density at radius 2 is 2.17 bits per heavy atom. The van der Waals surface area contributed by atoms with Crippen molar-refractivity contribution < 1.29 is 19.3 Å². The summed E-state index contributed by atoms with van der Waals surface area (Å²) >= 11 is 0. The summed E-state index contributed by atoms with van der Waals surface area (Å²) < 4.78 is 15.8. The minimum Gasteiger partial charge on any atom is -0.454 e. The summed E-state index contributed by atoms with van der Waals surface area (Å²) in [6.45, 7) is 2.59. The fraction of sp³-hybridized carbons (Fsp3) is 0.538. The summed E-state index contributed by atoms with van der Waals surface area (Å²) in [7, 11) is 0. The molecule has 1 fully saturated rings. The number of nitrogens with one attached hydrogen (secondary N) is 1. The van der Waals surface area contributed by atoms with E-state index in [2.05, 4.69) is 5.32 Å². The van der Waals surface area contributed by atoms with E-state index < -0.39 is 5.60 Å². The van der Waals surface area contributed by atoms with E-state index >= 15 is 0 Å². The van der Waals surface area contributed by atoms with Crippen LogP contribution >= 0.6 is 0 Å². The predicted octanol–water partition coefficient (Wildman–Crippen LogP) is 0.656. The molecule has 1 atom stereocenters. The second-order valence-electron chi connectivity index (χ2n) is 4.82. The molecule has 0 aromatic heterocycles. The average Bonchev–Trinajstić information content (AvgIpc) is 2.97. The van der Waals surface area contributed by atoms with Crippen molar-refractivity contribution in [1.29, 1.82) is 0 Å². The minimum atomic E-state index is -0.712. The largest absolute Gasteiger partial charge is 0.454 e. The van der Waals surface area contributed by atoms with Gasteiger partial charge in [0.15, 0.2) is 11.5 Å². The number of hydrogen-bond donors (Lipinski definition) is 2. The third kappa shape index (κ3) is 2.43. The molecule has 2 aliphatic heterocycles. The third-order valence-electron chi connectivity index (χ3n) is 3.30. The molecule has 2 aliphatic rings. The molecule has 2 N–H and O–H groups in total. The van der Waals surface area contributed by atoms with Crippen molar-refractivity contribution in [2.24, 2.45) is 0 Å². The van der Waals surface area contributed by atoms with Gasteiger partial charge in [0.2, 0.25) is 6.79 Å². The van der Waals surface area contributed by atoms with Crippen LogP contribution in [0.5, 0.6) is 11.5 Å². The summed E-state index contributed by atoms with van der Waals surface area (Å²) in [4.78, 5) is 0. The maximum atomic E-state index is 10.1. The lowest BCUT2D eigenvalue weighted by Crippen LogP contribution is -2.40. The van der Waals surface area contributed by atoms with Gasteiger partial charge in [0.25, 0.3) is 0 Å².